The van der Waals surface area contributed by atoms with Crippen LogP contribution in [0.3, 0.4) is 0 Å². The molecule has 0 saturated heterocycles. The van der Waals surface area contributed by atoms with E-state index in [1.165, 1.54) is 11.3 Å². The predicted octanol–water partition coefficient (Wildman–Crippen LogP) is 5.20. The van der Waals surface area contributed by atoms with Crippen LogP contribution in [0.5, 0.6) is 0 Å². The van der Waals surface area contributed by atoms with Gasteiger partial charge in [-0.3, -0.25) is 13.9 Å². The van der Waals surface area contributed by atoms with Gasteiger partial charge in [0.25, 0.3) is 0 Å². The van der Waals surface area contributed by atoms with Crippen molar-refractivity contribution >= 4 is 43.5 Å². The number of rotatable bonds is 10. The van der Waals surface area contributed by atoms with Crippen LogP contribution in [-0.2, 0) is 26.2 Å². The highest BCUT2D eigenvalue weighted by molar-refractivity contribution is 9.10. The van der Waals surface area contributed by atoms with Crippen molar-refractivity contribution < 1.29 is 18.0 Å². The molecule has 0 radical (unpaired) electrons. The van der Waals surface area contributed by atoms with Crippen LogP contribution in [-0.4, -0.2) is 50.0 Å². The Morgan fingerprint density at radius 3 is 2.11 bits per heavy atom. The van der Waals surface area contributed by atoms with E-state index < -0.39 is 28.5 Å². The van der Waals surface area contributed by atoms with Gasteiger partial charge in [0, 0.05) is 17.1 Å². The minimum absolute atomic E-state index is 0.111. The minimum atomic E-state index is -3.75. The second-order valence-electron chi connectivity index (χ2n) is 10.2. The van der Waals surface area contributed by atoms with Crippen molar-refractivity contribution in [3.05, 3.63) is 64.1 Å². The van der Waals surface area contributed by atoms with Crippen LogP contribution < -0.4 is 9.62 Å². The molecule has 0 bridgehead atoms. The van der Waals surface area contributed by atoms with Crippen LogP contribution in [0.4, 0.5) is 5.69 Å². The fourth-order valence-electron chi connectivity index (χ4n) is 4.58. The quantitative estimate of drug-likeness (QED) is 0.411. The molecule has 0 spiro atoms. The molecule has 202 valence electrons. The monoisotopic (exact) mass is 591 g/mol. The van der Waals surface area contributed by atoms with E-state index in [9.17, 15) is 18.0 Å². The van der Waals surface area contributed by atoms with Gasteiger partial charge < -0.3 is 10.2 Å². The number of benzene rings is 2. The molecule has 7 nitrogen and oxygen atoms in total. The Morgan fingerprint density at radius 2 is 1.57 bits per heavy atom. The molecule has 9 heteroatoms. The minimum Gasteiger partial charge on any atom is -0.352 e. The van der Waals surface area contributed by atoms with E-state index in [4.69, 9.17) is 0 Å². The number of hydrogen-bond donors (Lipinski definition) is 1. The summed E-state index contributed by atoms with van der Waals surface area (Å²) in [5.41, 5.74) is 2.35. The predicted molar refractivity (Wildman–Crippen MR) is 152 cm³/mol. The molecule has 1 aliphatic carbocycles. The van der Waals surface area contributed by atoms with Gasteiger partial charge in [0.05, 0.1) is 11.9 Å². The summed E-state index contributed by atoms with van der Waals surface area (Å²) in [4.78, 5) is 28.4. The Labute approximate surface area is 229 Å². The summed E-state index contributed by atoms with van der Waals surface area (Å²) in [6.45, 7) is 5.63. The number of amides is 2. The van der Waals surface area contributed by atoms with E-state index in [2.05, 4.69) is 35.1 Å². The average molecular weight is 593 g/mol. The molecule has 37 heavy (non-hydrogen) atoms. The third-order valence-electron chi connectivity index (χ3n) is 6.91. The zero-order valence-corrected chi connectivity index (χ0v) is 24.5. The maximum Gasteiger partial charge on any atom is 0.244 e. The lowest BCUT2D eigenvalue weighted by molar-refractivity contribution is -0.139. The molecule has 2 amide bonds. The molecule has 2 aromatic rings. The lowest BCUT2D eigenvalue weighted by Crippen LogP contribution is -2.52. The highest BCUT2D eigenvalue weighted by Crippen LogP contribution is 2.23. The molecule has 3 rings (SSSR count). The lowest BCUT2D eigenvalue weighted by Gasteiger charge is -2.33. The second kappa shape index (κ2) is 12.9. The summed E-state index contributed by atoms with van der Waals surface area (Å²) in [5.74, 6) is -0.357. The maximum absolute atomic E-state index is 13.7. The molecule has 1 fully saturated rings. The second-order valence-corrected chi connectivity index (χ2v) is 13.0. The molecule has 0 aliphatic heterocycles. The van der Waals surface area contributed by atoms with Gasteiger partial charge in [-0.25, -0.2) is 8.42 Å². The van der Waals surface area contributed by atoms with E-state index in [1.54, 1.807) is 19.1 Å². The van der Waals surface area contributed by atoms with Gasteiger partial charge in [-0.15, -0.1) is 0 Å². The molecule has 1 saturated carbocycles. The number of halogens is 1. The van der Waals surface area contributed by atoms with Gasteiger partial charge in [-0.1, -0.05) is 73.3 Å². The summed E-state index contributed by atoms with van der Waals surface area (Å²) in [6.07, 6.45) is 6.31. The Hall–Kier alpha value is -2.39. The first kappa shape index (κ1) is 29.2. The van der Waals surface area contributed by atoms with Crippen molar-refractivity contribution in [2.24, 2.45) is 0 Å². The Balaban J connectivity index is 1.86. The van der Waals surface area contributed by atoms with E-state index in [1.807, 2.05) is 36.4 Å². The molecular weight excluding hydrogens is 554 g/mol. The number of hydrogen-bond acceptors (Lipinski definition) is 4. The zero-order chi connectivity index (χ0) is 27.2. The van der Waals surface area contributed by atoms with E-state index in [0.29, 0.717) is 11.6 Å². The first-order chi connectivity index (χ1) is 17.5. The number of sulfonamides is 1. The summed E-state index contributed by atoms with van der Waals surface area (Å²) < 4.78 is 27.5. The largest absolute Gasteiger partial charge is 0.352 e. The van der Waals surface area contributed by atoms with Crippen molar-refractivity contribution in [3.63, 3.8) is 0 Å². The van der Waals surface area contributed by atoms with Crippen LogP contribution in [0, 0.1) is 0 Å². The highest BCUT2D eigenvalue weighted by Gasteiger charge is 2.31. The highest BCUT2D eigenvalue weighted by atomic mass is 79.9. The van der Waals surface area contributed by atoms with Crippen molar-refractivity contribution in [2.75, 3.05) is 17.1 Å². The van der Waals surface area contributed by atoms with Gasteiger partial charge in [-0.05, 0) is 61.1 Å². The number of anilines is 1. The van der Waals surface area contributed by atoms with Crippen molar-refractivity contribution in [1.29, 1.82) is 0 Å². The first-order valence-corrected chi connectivity index (χ1v) is 15.5. The lowest BCUT2D eigenvalue weighted by atomic mass is 9.95. The van der Waals surface area contributed by atoms with Crippen molar-refractivity contribution in [1.82, 2.24) is 10.2 Å². The molecule has 1 atom stereocenters. The van der Waals surface area contributed by atoms with E-state index >= 15 is 0 Å². The van der Waals surface area contributed by atoms with Crippen LogP contribution in [0.2, 0.25) is 0 Å². The third-order valence-corrected chi connectivity index (χ3v) is 8.58. The number of nitrogens with one attached hydrogen (secondary N) is 1. The number of carbonyl (C=O) groups is 2. The molecule has 0 aromatic heterocycles. The Bertz CT molecular complexity index is 1160. The number of nitrogens with zero attached hydrogens (tertiary/aromatic N) is 2. The standard InChI is InChI=1S/C28H38BrN3O4S/c1-20(2)23-12-16-26(17-13-23)32(37(4,35)36)19-27(33)31(18-22-10-14-24(29)15-11-22)21(3)28(34)30-25-8-6-5-7-9-25/h10-17,20-21,25H,5-9,18-19H2,1-4H3,(H,30,34)/t21-/m1/s1. The van der Waals surface area contributed by atoms with Crippen LogP contribution in [0.15, 0.2) is 53.0 Å². The van der Waals surface area contributed by atoms with Gasteiger partial charge in [0.15, 0.2) is 0 Å². The van der Waals surface area contributed by atoms with E-state index in [0.717, 1.165) is 51.8 Å². The van der Waals surface area contributed by atoms with E-state index in [-0.39, 0.29) is 18.5 Å². The summed E-state index contributed by atoms with van der Waals surface area (Å²) in [6, 6.07) is 14.1. The smallest absolute Gasteiger partial charge is 0.244 e. The van der Waals surface area contributed by atoms with Crippen LogP contribution in [0.1, 0.15) is 69.9 Å². The number of carbonyl (C=O) groups excluding carboxylic acids is 2. The van der Waals surface area contributed by atoms with Gasteiger partial charge >= 0.3 is 0 Å². The van der Waals surface area contributed by atoms with Crippen LogP contribution >= 0.6 is 15.9 Å². The fourth-order valence-corrected chi connectivity index (χ4v) is 5.69. The molecular formula is C28H38BrN3O4S. The summed E-state index contributed by atoms with van der Waals surface area (Å²) >= 11 is 3.42. The zero-order valence-electron chi connectivity index (χ0n) is 22.1. The molecule has 2 aromatic carbocycles. The van der Waals surface area contributed by atoms with Crippen LogP contribution in [0.25, 0.3) is 0 Å². The summed E-state index contributed by atoms with van der Waals surface area (Å²) in [5, 5.41) is 3.11. The van der Waals surface area contributed by atoms with Gasteiger partial charge in [-0.2, -0.15) is 0 Å². The Morgan fingerprint density at radius 1 is 0.973 bits per heavy atom. The van der Waals surface area contributed by atoms with Crippen molar-refractivity contribution in [3.8, 4) is 0 Å². The third kappa shape index (κ3) is 8.30. The first-order valence-electron chi connectivity index (χ1n) is 12.9. The van der Waals surface area contributed by atoms with Gasteiger partial charge in [0.1, 0.15) is 12.6 Å². The normalized spacial score (nSPS) is 15.3. The Kier molecular flexibility index (Phi) is 10.2. The topological polar surface area (TPSA) is 86.8 Å². The maximum atomic E-state index is 13.7. The summed E-state index contributed by atoms with van der Waals surface area (Å²) in [7, 11) is -3.75. The molecule has 0 unspecified atom stereocenters. The molecule has 1 aliphatic rings. The molecule has 0 heterocycles. The SMILES string of the molecule is CC(C)c1ccc(N(CC(=O)N(Cc2ccc(Br)cc2)[C@H](C)C(=O)NC2CCCCC2)S(C)(=O)=O)cc1. The van der Waals surface area contributed by atoms with Gasteiger partial charge in [0.2, 0.25) is 21.8 Å². The average Bonchev–Trinajstić information content (AvgIpc) is 2.86. The fraction of sp³-hybridized carbons (Fsp3) is 0.500. The molecule has 1 N–H and O–H groups in total. The van der Waals surface area contributed by atoms with Crippen molar-refractivity contribution in [2.45, 2.75) is 77.4 Å².